The van der Waals surface area contributed by atoms with Gasteiger partial charge in [-0.05, 0) is 36.6 Å². The summed E-state index contributed by atoms with van der Waals surface area (Å²) in [5, 5.41) is 15.9. The lowest BCUT2D eigenvalue weighted by atomic mass is 10.2. The maximum absolute atomic E-state index is 11.9. The highest BCUT2D eigenvalue weighted by atomic mass is 35.5. The molecule has 1 heterocycles. The summed E-state index contributed by atoms with van der Waals surface area (Å²) in [7, 11) is 0. The molecule has 0 spiro atoms. The molecule has 98 valence electrons. The minimum Gasteiger partial charge on any atom is -0.507 e. The zero-order chi connectivity index (χ0) is 13.8. The van der Waals surface area contributed by atoms with Crippen molar-refractivity contribution in [3.05, 3.63) is 51.2 Å². The lowest BCUT2D eigenvalue weighted by Crippen LogP contribution is -2.19. The predicted molar refractivity (Wildman–Crippen MR) is 77.1 cm³/mol. The van der Waals surface area contributed by atoms with Crippen LogP contribution in [0.3, 0.4) is 0 Å². The van der Waals surface area contributed by atoms with E-state index in [1.807, 2.05) is 17.5 Å². The number of aromatic hydroxyl groups is 1. The summed E-state index contributed by atoms with van der Waals surface area (Å²) in [6.45, 7) is 1.80. The second kappa shape index (κ2) is 5.86. The maximum Gasteiger partial charge on any atom is 0.275 e. The first kappa shape index (κ1) is 13.6. The van der Waals surface area contributed by atoms with Crippen LogP contribution in [0.25, 0.3) is 0 Å². The molecule has 0 radical (unpaired) electrons. The Kier molecular flexibility index (Phi) is 4.19. The molecule has 6 heteroatoms. The first-order valence-electron chi connectivity index (χ1n) is 5.45. The van der Waals surface area contributed by atoms with Crippen molar-refractivity contribution >= 4 is 34.6 Å². The highest BCUT2D eigenvalue weighted by Crippen LogP contribution is 2.21. The van der Waals surface area contributed by atoms with Gasteiger partial charge in [0.1, 0.15) is 5.75 Å². The molecule has 1 aromatic heterocycles. The molecule has 1 aromatic carbocycles. The molecule has 0 fully saturated rings. The molecule has 0 saturated carbocycles. The third kappa shape index (κ3) is 3.33. The highest BCUT2D eigenvalue weighted by Gasteiger charge is 2.11. The number of benzene rings is 1. The number of phenolic OH excluding ortho intramolecular Hbond substituents is 1. The molecule has 0 unspecified atom stereocenters. The van der Waals surface area contributed by atoms with Crippen LogP contribution < -0.4 is 5.43 Å². The van der Waals surface area contributed by atoms with E-state index in [-0.39, 0.29) is 11.3 Å². The van der Waals surface area contributed by atoms with Crippen LogP contribution in [-0.2, 0) is 0 Å². The first-order valence-corrected chi connectivity index (χ1v) is 6.70. The Morgan fingerprint density at radius 1 is 1.42 bits per heavy atom. The van der Waals surface area contributed by atoms with Crippen LogP contribution in [0.15, 0.2) is 40.8 Å². The lowest BCUT2D eigenvalue weighted by Gasteiger charge is -2.04. The molecule has 0 aliphatic heterocycles. The van der Waals surface area contributed by atoms with E-state index < -0.39 is 5.91 Å². The number of hydrogen-bond acceptors (Lipinski definition) is 4. The summed E-state index contributed by atoms with van der Waals surface area (Å²) in [4.78, 5) is 12.8. The second-order valence-electron chi connectivity index (χ2n) is 3.78. The van der Waals surface area contributed by atoms with E-state index >= 15 is 0 Å². The molecule has 4 nitrogen and oxygen atoms in total. The summed E-state index contributed by atoms with van der Waals surface area (Å²) in [6.07, 6.45) is 0. The zero-order valence-corrected chi connectivity index (χ0v) is 11.6. The van der Waals surface area contributed by atoms with Gasteiger partial charge < -0.3 is 5.11 Å². The number of halogens is 1. The fourth-order valence-electron chi connectivity index (χ4n) is 1.42. The molecule has 2 rings (SSSR count). The van der Waals surface area contributed by atoms with Gasteiger partial charge in [-0.15, -0.1) is 11.3 Å². The Balaban J connectivity index is 2.14. The SMILES string of the molecule is C/C(=N/NC(=O)c1cc(Cl)ccc1O)c1cccs1. The summed E-state index contributed by atoms with van der Waals surface area (Å²) in [5.74, 6) is -0.637. The molecule has 2 aromatic rings. The largest absolute Gasteiger partial charge is 0.507 e. The number of nitrogens with zero attached hydrogens (tertiary/aromatic N) is 1. The van der Waals surface area contributed by atoms with Gasteiger partial charge in [0, 0.05) is 9.90 Å². The molecule has 0 atom stereocenters. The van der Waals surface area contributed by atoms with Crippen molar-refractivity contribution in [2.45, 2.75) is 6.92 Å². The van der Waals surface area contributed by atoms with Crippen LogP contribution in [0.2, 0.25) is 5.02 Å². The first-order chi connectivity index (χ1) is 9.08. The number of phenols is 1. The van der Waals surface area contributed by atoms with Gasteiger partial charge in [-0.25, -0.2) is 5.43 Å². The van der Waals surface area contributed by atoms with E-state index in [1.165, 1.54) is 29.5 Å². The molecule has 1 amide bonds. The van der Waals surface area contributed by atoms with E-state index in [0.717, 1.165) is 4.88 Å². The van der Waals surface area contributed by atoms with Crippen molar-refractivity contribution in [1.82, 2.24) is 5.43 Å². The van der Waals surface area contributed by atoms with E-state index in [4.69, 9.17) is 11.6 Å². The predicted octanol–water partition coefficient (Wildman–Crippen LogP) is 3.26. The summed E-state index contributed by atoms with van der Waals surface area (Å²) >= 11 is 7.31. The van der Waals surface area contributed by atoms with Crippen molar-refractivity contribution in [2.24, 2.45) is 5.10 Å². The van der Waals surface area contributed by atoms with Crippen LogP contribution >= 0.6 is 22.9 Å². The molecule has 0 bridgehead atoms. The van der Waals surface area contributed by atoms with Gasteiger partial charge in [0.05, 0.1) is 11.3 Å². The Hall–Kier alpha value is -1.85. The fraction of sp³-hybridized carbons (Fsp3) is 0.0769. The third-order valence-electron chi connectivity index (χ3n) is 2.41. The minimum atomic E-state index is -0.504. The Morgan fingerprint density at radius 2 is 2.21 bits per heavy atom. The van der Waals surface area contributed by atoms with Gasteiger partial charge in [-0.1, -0.05) is 17.7 Å². The van der Waals surface area contributed by atoms with E-state index in [1.54, 1.807) is 6.92 Å². The fourth-order valence-corrected chi connectivity index (χ4v) is 2.27. The van der Waals surface area contributed by atoms with Crippen molar-refractivity contribution in [3.8, 4) is 5.75 Å². The van der Waals surface area contributed by atoms with E-state index in [9.17, 15) is 9.90 Å². The summed E-state index contributed by atoms with van der Waals surface area (Å²) in [5.41, 5.74) is 3.18. The number of nitrogens with one attached hydrogen (secondary N) is 1. The number of amides is 1. The number of carbonyl (C=O) groups is 1. The molecule has 19 heavy (non-hydrogen) atoms. The Morgan fingerprint density at radius 3 is 2.89 bits per heavy atom. The molecule has 0 aliphatic carbocycles. The Bertz CT molecular complexity index is 624. The van der Waals surface area contributed by atoms with Crippen molar-refractivity contribution in [1.29, 1.82) is 0 Å². The van der Waals surface area contributed by atoms with Crippen LogP contribution in [-0.4, -0.2) is 16.7 Å². The number of hydrogen-bond donors (Lipinski definition) is 2. The number of rotatable bonds is 3. The number of hydrazone groups is 1. The number of thiophene rings is 1. The average molecular weight is 295 g/mol. The topological polar surface area (TPSA) is 61.7 Å². The van der Waals surface area contributed by atoms with E-state index in [0.29, 0.717) is 10.7 Å². The van der Waals surface area contributed by atoms with Gasteiger partial charge in [-0.2, -0.15) is 5.10 Å². The molecule has 2 N–H and O–H groups in total. The van der Waals surface area contributed by atoms with Gasteiger partial charge in [0.25, 0.3) is 5.91 Å². The summed E-state index contributed by atoms with van der Waals surface area (Å²) < 4.78 is 0. The highest BCUT2D eigenvalue weighted by molar-refractivity contribution is 7.12. The van der Waals surface area contributed by atoms with Crippen LogP contribution in [0, 0.1) is 0 Å². The quantitative estimate of drug-likeness (QED) is 0.674. The molecular formula is C13H11ClN2O2S. The van der Waals surface area contributed by atoms with Crippen molar-refractivity contribution in [3.63, 3.8) is 0 Å². The number of carbonyl (C=O) groups excluding carboxylic acids is 1. The minimum absolute atomic E-state index is 0.0928. The summed E-state index contributed by atoms with van der Waals surface area (Å²) in [6, 6.07) is 8.08. The molecular weight excluding hydrogens is 284 g/mol. The van der Waals surface area contributed by atoms with Gasteiger partial charge in [0.15, 0.2) is 0 Å². The lowest BCUT2D eigenvalue weighted by molar-refractivity contribution is 0.0952. The average Bonchev–Trinajstić information content (AvgIpc) is 2.92. The zero-order valence-electron chi connectivity index (χ0n) is 10.1. The van der Waals surface area contributed by atoms with Gasteiger partial charge >= 0.3 is 0 Å². The maximum atomic E-state index is 11.9. The standard InChI is InChI=1S/C13H11ClN2O2S/c1-8(12-3-2-6-19-12)15-16-13(18)10-7-9(14)4-5-11(10)17/h2-7,17H,1H3,(H,16,18)/b15-8-. The van der Waals surface area contributed by atoms with Crippen LogP contribution in [0.1, 0.15) is 22.2 Å². The van der Waals surface area contributed by atoms with E-state index in [2.05, 4.69) is 10.5 Å². The molecule has 0 aliphatic rings. The van der Waals surface area contributed by atoms with Crippen LogP contribution in [0.4, 0.5) is 0 Å². The van der Waals surface area contributed by atoms with Crippen LogP contribution in [0.5, 0.6) is 5.75 Å². The normalized spacial score (nSPS) is 11.4. The monoisotopic (exact) mass is 294 g/mol. The second-order valence-corrected chi connectivity index (χ2v) is 5.16. The van der Waals surface area contributed by atoms with Crippen molar-refractivity contribution < 1.29 is 9.90 Å². The van der Waals surface area contributed by atoms with Gasteiger partial charge in [-0.3, -0.25) is 4.79 Å². The Labute approximate surface area is 119 Å². The molecule has 0 saturated heterocycles. The van der Waals surface area contributed by atoms with Gasteiger partial charge in [0.2, 0.25) is 0 Å². The van der Waals surface area contributed by atoms with Crippen molar-refractivity contribution in [2.75, 3.05) is 0 Å². The third-order valence-corrected chi connectivity index (χ3v) is 3.62. The smallest absolute Gasteiger partial charge is 0.275 e.